The average Bonchev–Trinajstić information content (AvgIpc) is 2.39. The van der Waals surface area contributed by atoms with Gasteiger partial charge in [-0.25, -0.2) is 0 Å². The Balaban J connectivity index is 2.51. The molecule has 6 heteroatoms. The highest BCUT2D eigenvalue weighted by atomic mass is 35.5. The van der Waals surface area contributed by atoms with Gasteiger partial charge in [0.1, 0.15) is 5.75 Å². The van der Waals surface area contributed by atoms with E-state index in [4.69, 9.17) is 21.1 Å². The lowest BCUT2D eigenvalue weighted by atomic mass is 10.0. The van der Waals surface area contributed by atoms with Crippen molar-refractivity contribution in [1.29, 1.82) is 0 Å². The molecule has 1 aromatic carbocycles. The molecule has 0 radical (unpaired) electrons. The minimum absolute atomic E-state index is 0.0324. The summed E-state index contributed by atoms with van der Waals surface area (Å²) in [6, 6.07) is 4.15. The maximum Gasteiger partial charge on any atom is 0.321 e. The van der Waals surface area contributed by atoms with Crippen molar-refractivity contribution in [2.24, 2.45) is 0 Å². The molecule has 0 aliphatic heterocycles. The van der Waals surface area contributed by atoms with Crippen molar-refractivity contribution in [2.45, 2.75) is 33.8 Å². The standard InChI is InChI=1S/C15H18ClN3O2/c1-8(2)21-15-18-13(17-14(16)19-15)11-6-10(4)12(20-5)7-9(11)3/h6-8H,1-5H3. The zero-order valence-corrected chi connectivity index (χ0v) is 13.5. The van der Waals surface area contributed by atoms with Crippen LogP contribution in [0.5, 0.6) is 11.8 Å². The number of rotatable bonds is 4. The van der Waals surface area contributed by atoms with E-state index in [9.17, 15) is 0 Å². The summed E-state index contributed by atoms with van der Waals surface area (Å²) in [5, 5.41) is 0.114. The van der Waals surface area contributed by atoms with E-state index in [-0.39, 0.29) is 17.4 Å². The number of benzene rings is 1. The SMILES string of the molecule is COc1cc(C)c(-c2nc(Cl)nc(OC(C)C)n2)cc1C. The van der Waals surface area contributed by atoms with E-state index in [0.29, 0.717) is 5.82 Å². The van der Waals surface area contributed by atoms with Gasteiger partial charge in [0.25, 0.3) is 0 Å². The summed E-state index contributed by atoms with van der Waals surface area (Å²) in [5.74, 6) is 1.32. The van der Waals surface area contributed by atoms with Crippen molar-refractivity contribution in [3.05, 3.63) is 28.5 Å². The van der Waals surface area contributed by atoms with E-state index >= 15 is 0 Å². The first-order valence-electron chi connectivity index (χ1n) is 6.64. The Morgan fingerprint density at radius 2 is 1.76 bits per heavy atom. The molecule has 0 N–H and O–H groups in total. The minimum atomic E-state index is -0.0324. The molecule has 1 aromatic heterocycles. The summed E-state index contributed by atoms with van der Waals surface area (Å²) >= 11 is 5.97. The molecule has 1 heterocycles. The predicted molar refractivity (Wildman–Crippen MR) is 82.1 cm³/mol. The molecule has 0 fully saturated rings. The van der Waals surface area contributed by atoms with Crippen molar-refractivity contribution in [2.75, 3.05) is 7.11 Å². The van der Waals surface area contributed by atoms with Crippen LogP contribution in [0.25, 0.3) is 11.4 Å². The Morgan fingerprint density at radius 1 is 1.05 bits per heavy atom. The summed E-state index contributed by atoms with van der Waals surface area (Å²) in [6.07, 6.45) is -0.0324. The van der Waals surface area contributed by atoms with Gasteiger partial charge >= 0.3 is 6.01 Å². The molecular formula is C15H18ClN3O2. The molecule has 2 rings (SSSR count). The highest BCUT2D eigenvalue weighted by Crippen LogP contribution is 2.29. The van der Waals surface area contributed by atoms with Gasteiger partial charge in [0.2, 0.25) is 5.28 Å². The summed E-state index contributed by atoms with van der Waals surface area (Å²) in [6.45, 7) is 7.74. The fourth-order valence-electron chi connectivity index (χ4n) is 1.97. The average molecular weight is 308 g/mol. The zero-order chi connectivity index (χ0) is 15.6. The van der Waals surface area contributed by atoms with Crippen LogP contribution in [-0.4, -0.2) is 28.2 Å². The second-order valence-corrected chi connectivity index (χ2v) is 5.35. The minimum Gasteiger partial charge on any atom is -0.496 e. The molecule has 0 aliphatic rings. The van der Waals surface area contributed by atoms with Crippen LogP contribution in [0.4, 0.5) is 0 Å². The lowest BCUT2D eigenvalue weighted by molar-refractivity contribution is 0.222. The second kappa shape index (κ2) is 6.26. The van der Waals surface area contributed by atoms with Crippen LogP contribution in [0.1, 0.15) is 25.0 Å². The molecule has 0 bridgehead atoms. The molecule has 21 heavy (non-hydrogen) atoms. The number of hydrogen-bond donors (Lipinski definition) is 0. The number of halogens is 1. The van der Waals surface area contributed by atoms with E-state index < -0.39 is 0 Å². The molecule has 0 aliphatic carbocycles. The summed E-state index contributed by atoms with van der Waals surface area (Å²) in [7, 11) is 1.65. The molecule has 0 amide bonds. The van der Waals surface area contributed by atoms with Gasteiger partial charge in [0, 0.05) is 5.56 Å². The number of methoxy groups -OCH3 is 1. The molecule has 0 spiro atoms. The monoisotopic (exact) mass is 307 g/mol. The van der Waals surface area contributed by atoms with Crippen molar-refractivity contribution in [3.8, 4) is 23.1 Å². The van der Waals surface area contributed by atoms with Crippen LogP contribution in [-0.2, 0) is 0 Å². The van der Waals surface area contributed by atoms with Crippen LogP contribution >= 0.6 is 11.6 Å². The van der Waals surface area contributed by atoms with Crippen molar-refractivity contribution >= 4 is 11.6 Å². The van der Waals surface area contributed by atoms with Crippen molar-refractivity contribution in [1.82, 2.24) is 15.0 Å². The Bertz CT molecular complexity index is 660. The van der Waals surface area contributed by atoms with Gasteiger partial charge in [-0.1, -0.05) is 0 Å². The fraction of sp³-hybridized carbons (Fsp3) is 0.400. The quantitative estimate of drug-likeness (QED) is 0.863. The van der Waals surface area contributed by atoms with Gasteiger partial charge in [-0.2, -0.15) is 15.0 Å². The maximum absolute atomic E-state index is 5.97. The third-order valence-electron chi connectivity index (χ3n) is 2.91. The van der Waals surface area contributed by atoms with Crippen LogP contribution in [0, 0.1) is 13.8 Å². The van der Waals surface area contributed by atoms with Gasteiger partial charge < -0.3 is 9.47 Å². The topological polar surface area (TPSA) is 57.1 Å². The van der Waals surface area contributed by atoms with Crippen LogP contribution in [0.3, 0.4) is 0 Å². The molecule has 0 unspecified atom stereocenters. The smallest absolute Gasteiger partial charge is 0.321 e. The number of nitrogens with zero attached hydrogens (tertiary/aromatic N) is 3. The highest BCUT2D eigenvalue weighted by Gasteiger charge is 2.13. The van der Waals surface area contributed by atoms with Crippen LogP contribution in [0.2, 0.25) is 5.28 Å². The summed E-state index contributed by atoms with van der Waals surface area (Å²) < 4.78 is 10.8. The van der Waals surface area contributed by atoms with E-state index in [1.807, 2.05) is 39.8 Å². The Kier molecular flexibility index (Phi) is 4.63. The van der Waals surface area contributed by atoms with Gasteiger partial charge in [0.05, 0.1) is 13.2 Å². The van der Waals surface area contributed by atoms with E-state index in [1.165, 1.54) is 0 Å². The number of aryl methyl sites for hydroxylation is 2. The molecule has 0 saturated carbocycles. The highest BCUT2D eigenvalue weighted by molar-refractivity contribution is 6.28. The largest absolute Gasteiger partial charge is 0.496 e. The Hall–Kier alpha value is -1.88. The Morgan fingerprint density at radius 3 is 2.38 bits per heavy atom. The molecule has 5 nitrogen and oxygen atoms in total. The van der Waals surface area contributed by atoms with Crippen molar-refractivity contribution in [3.63, 3.8) is 0 Å². The number of hydrogen-bond acceptors (Lipinski definition) is 5. The van der Waals surface area contributed by atoms with Crippen LogP contribution in [0.15, 0.2) is 12.1 Å². The first-order valence-corrected chi connectivity index (χ1v) is 7.02. The van der Waals surface area contributed by atoms with Crippen LogP contribution < -0.4 is 9.47 Å². The third kappa shape index (κ3) is 3.61. The maximum atomic E-state index is 5.97. The first-order chi connectivity index (χ1) is 9.90. The predicted octanol–water partition coefficient (Wildman–Crippen LogP) is 3.60. The van der Waals surface area contributed by atoms with Crippen molar-refractivity contribution < 1.29 is 9.47 Å². The van der Waals surface area contributed by atoms with Gasteiger partial charge in [-0.3, -0.25) is 0 Å². The molecule has 112 valence electrons. The van der Waals surface area contributed by atoms with Gasteiger partial charge in [-0.05, 0) is 62.6 Å². The third-order valence-corrected chi connectivity index (χ3v) is 3.08. The summed E-state index contributed by atoms with van der Waals surface area (Å²) in [4.78, 5) is 12.5. The summed E-state index contributed by atoms with van der Waals surface area (Å²) in [5.41, 5.74) is 2.88. The van der Waals surface area contributed by atoms with Gasteiger partial charge in [0.15, 0.2) is 5.82 Å². The normalized spacial score (nSPS) is 10.8. The molecule has 2 aromatic rings. The first kappa shape index (κ1) is 15.5. The van der Waals surface area contributed by atoms with E-state index in [2.05, 4.69) is 15.0 Å². The van der Waals surface area contributed by atoms with E-state index in [0.717, 1.165) is 22.4 Å². The number of aromatic nitrogens is 3. The van der Waals surface area contributed by atoms with Gasteiger partial charge in [-0.15, -0.1) is 0 Å². The number of ether oxygens (including phenoxy) is 2. The molecule has 0 saturated heterocycles. The fourth-order valence-corrected chi connectivity index (χ4v) is 2.12. The van der Waals surface area contributed by atoms with E-state index in [1.54, 1.807) is 7.11 Å². The lowest BCUT2D eigenvalue weighted by Gasteiger charge is -2.12. The lowest BCUT2D eigenvalue weighted by Crippen LogP contribution is -2.10. The molecular weight excluding hydrogens is 290 g/mol. The second-order valence-electron chi connectivity index (χ2n) is 5.01. The Labute approximate surface area is 129 Å². The molecule has 0 atom stereocenters. The zero-order valence-electron chi connectivity index (χ0n) is 12.8.